The molecule has 0 aliphatic carbocycles. The minimum atomic E-state index is -3.27. The lowest BCUT2D eigenvalue weighted by atomic mass is 10.3. The number of benzene rings is 2. The first kappa shape index (κ1) is 15.4. The van der Waals surface area contributed by atoms with E-state index in [-0.39, 0.29) is 4.90 Å². The van der Waals surface area contributed by atoms with Gasteiger partial charge in [0.1, 0.15) is 0 Å². The van der Waals surface area contributed by atoms with Gasteiger partial charge in [-0.25, -0.2) is 18.2 Å². The third-order valence-corrected chi connectivity index (χ3v) is 5.08. The summed E-state index contributed by atoms with van der Waals surface area (Å²) in [4.78, 5) is 16.4. The minimum Gasteiger partial charge on any atom is -0.308 e. The van der Waals surface area contributed by atoms with E-state index in [2.05, 4.69) is 15.6 Å². The Labute approximate surface area is 137 Å². The SMILES string of the molecule is CS(=O)(=O)c1ccc2nc(NC(=O)Nc3ccccc3)sc2c1. The van der Waals surface area contributed by atoms with Crippen LogP contribution in [0.25, 0.3) is 10.2 Å². The lowest BCUT2D eigenvalue weighted by molar-refractivity contribution is 0.262. The molecular formula is C15H13N3O3S2. The van der Waals surface area contributed by atoms with Gasteiger partial charge in [0.25, 0.3) is 0 Å². The van der Waals surface area contributed by atoms with Crippen molar-refractivity contribution in [2.45, 2.75) is 4.90 Å². The minimum absolute atomic E-state index is 0.230. The van der Waals surface area contributed by atoms with Crippen LogP contribution in [-0.2, 0) is 9.84 Å². The third-order valence-electron chi connectivity index (χ3n) is 3.04. The molecule has 0 unspecified atom stereocenters. The number of thiazole rings is 1. The van der Waals surface area contributed by atoms with Crippen LogP contribution in [0.4, 0.5) is 15.6 Å². The number of carbonyl (C=O) groups is 1. The van der Waals surface area contributed by atoms with Crippen LogP contribution in [0.15, 0.2) is 53.4 Å². The number of urea groups is 1. The van der Waals surface area contributed by atoms with E-state index in [1.807, 2.05) is 18.2 Å². The second kappa shape index (κ2) is 5.98. The highest BCUT2D eigenvalue weighted by molar-refractivity contribution is 7.90. The van der Waals surface area contributed by atoms with Crippen LogP contribution in [-0.4, -0.2) is 25.7 Å². The van der Waals surface area contributed by atoms with Crippen molar-refractivity contribution in [3.8, 4) is 0 Å². The van der Waals surface area contributed by atoms with Crippen LogP contribution >= 0.6 is 11.3 Å². The van der Waals surface area contributed by atoms with Crippen molar-refractivity contribution in [1.29, 1.82) is 0 Å². The van der Waals surface area contributed by atoms with Crippen molar-refractivity contribution >= 4 is 48.2 Å². The van der Waals surface area contributed by atoms with E-state index in [1.54, 1.807) is 24.3 Å². The van der Waals surface area contributed by atoms with Gasteiger partial charge in [-0.3, -0.25) is 5.32 Å². The number of hydrogen-bond acceptors (Lipinski definition) is 5. The van der Waals surface area contributed by atoms with E-state index in [0.29, 0.717) is 21.0 Å². The van der Waals surface area contributed by atoms with Gasteiger partial charge < -0.3 is 5.32 Å². The summed E-state index contributed by atoms with van der Waals surface area (Å²) >= 11 is 1.22. The zero-order chi connectivity index (χ0) is 16.4. The van der Waals surface area contributed by atoms with E-state index in [0.717, 1.165) is 6.26 Å². The van der Waals surface area contributed by atoms with E-state index < -0.39 is 15.9 Å². The van der Waals surface area contributed by atoms with Crippen molar-refractivity contribution in [2.24, 2.45) is 0 Å². The molecule has 3 aromatic rings. The number of anilines is 2. The lowest BCUT2D eigenvalue weighted by Gasteiger charge is -2.04. The molecule has 2 amide bonds. The van der Waals surface area contributed by atoms with E-state index >= 15 is 0 Å². The summed E-state index contributed by atoms with van der Waals surface area (Å²) in [5, 5.41) is 5.74. The first-order valence-electron chi connectivity index (χ1n) is 6.65. The highest BCUT2D eigenvalue weighted by atomic mass is 32.2. The quantitative estimate of drug-likeness (QED) is 0.760. The zero-order valence-electron chi connectivity index (χ0n) is 12.1. The van der Waals surface area contributed by atoms with Crippen LogP contribution in [0.2, 0.25) is 0 Å². The predicted molar refractivity (Wildman–Crippen MR) is 91.8 cm³/mol. The Balaban J connectivity index is 1.79. The van der Waals surface area contributed by atoms with Gasteiger partial charge in [-0.1, -0.05) is 29.5 Å². The monoisotopic (exact) mass is 347 g/mol. The molecule has 0 spiro atoms. The first-order valence-corrected chi connectivity index (χ1v) is 9.36. The summed E-state index contributed by atoms with van der Waals surface area (Å²) in [7, 11) is -3.27. The number of nitrogens with zero attached hydrogens (tertiary/aromatic N) is 1. The standard InChI is InChI=1S/C15H13N3O3S2/c1-23(20,21)11-7-8-12-13(9-11)22-15(17-12)18-14(19)16-10-5-3-2-4-6-10/h2-9H,1H3,(H2,16,17,18,19). The largest absolute Gasteiger partial charge is 0.325 e. The number of para-hydroxylation sites is 1. The van der Waals surface area contributed by atoms with Crippen LogP contribution in [0, 0.1) is 0 Å². The van der Waals surface area contributed by atoms with E-state index in [4.69, 9.17) is 0 Å². The van der Waals surface area contributed by atoms with Crippen LogP contribution in [0.1, 0.15) is 0 Å². The maximum absolute atomic E-state index is 11.9. The maximum Gasteiger partial charge on any atom is 0.325 e. The molecule has 0 radical (unpaired) electrons. The molecule has 118 valence electrons. The van der Waals surface area contributed by atoms with E-state index in [1.165, 1.54) is 17.4 Å². The molecule has 0 saturated heterocycles. The molecule has 0 saturated carbocycles. The fourth-order valence-electron chi connectivity index (χ4n) is 1.97. The number of sulfone groups is 1. The van der Waals surface area contributed by atoms with Gasteiger partial charge in [0, 0.05) is 11.9 Å². The summed E-state index contributed by atoms with van der Waals surface area (Å²) in [5.41, 5.74) is 1.31. The van der Waals surface area contributed by atoms with Gasteiger partial charge in [0.15, 0.2) is 15.0 Å². The molecule has 0 bridgehead atoms. The Morgan fingerprint density at radius 2 is 1.83 bits per heavy atom. The summed E-state index contributed by atoms with van der Waals surface area (Å²) in [6, 6.07) is 13.3. The number of fused-ring (bicyclic) bond motifs is 1. The molecule has 1 heterocycles. The molecule has 2 N–H and O–H groups in total. The number of nitrogens with one attached hydrogen (secondary N) is 2. The summed E-state index contributed by atoms with van der Waals surface area (Å²) in [6.07, 6.45) is 1.15. The fraction of sp³-hybridized carbons (Fsp3) is 0.0667. The molecule has 1 aromatic heterocycles. The van der Waals surface area contributed by atoms with Gasteiger partial charge in [-0.2, -0.15) is 0 Å². The summed E-state index contributed by atoms with van der Waals surface area (Å²) < 4.78 is 23.8. The Morgan fingerprint density at radius 1 is 1.09 bits per heavy atom. The van der Waals surface area contributed by atoms with E-state index in [9.17, 15) is 13.2 Å². The van der Waals surface area contributed by atoms with Crippen LogP contribution in [0.3, 0.4) is 0 Å². The normalized spacial score (nSPS) is 11.3. The van der Waals surface area contributed by atoms with Crippen molar-refractivity contribution in [3.63, 3.8) is 0 Å². The number of aromatic nitrogens is 1. The van der Waals surface area contributed by atoms with Gasteiger partial charge in [0.05, 0.1) is 15.1 Å². The van der Waals surface area contributed by atoms with Crippen molar-refractivity contribution in [3.05, 3.63) is 48.5 Å². The average molecular weight is 347 g/mol. The smallest absolute Gasteiger partial charge is 0.308 e. The molecule has 0 aliphatic heterocycles. The number of amides is 2. The van der Waals surface area contributed by atoms with Gasteiger partial charge >= 0.3 is 6.03 Å². The van der Waals surface area contributed by atoms with Gasteiger partial charge in [-0.15, -0.1) is 0 Å². The van der Waals surface area contributed by atoms with Gasteiger partial charge in [0.2, 0.25) is 0 Å². The molecule has 6 nitrogen and oxygen atoms in total. The summed E-state index contributed by atoms with van der Waals surface area (Å²) in [5.74, 6) is 0. The summed E-state index contributed by atoms with van der Waals surface area (Å²) in [6.45, 7) is 0. The second-order valence-corrected chi connectivity index (χ2v) is 7.91. The molecule has 2 aromatic carbocycles. The molecule has 0 aliphatic rings. The van der Waals surface area contributed by atoms with Gasteiger partial charge in [-0.05, 0) is 30.3 Å². The molecule has 0 fully saturated rings. The fourth-order valence-corrected chi connectivity index (χ4v) is 3.59. The Kier molecular flexibility index (Phi) is 4.01. The predicted octanol–water partition coefficient (Wildman–Crippen LogP) is 3.34. The van der Waals surface area contributed by atoms with Crippen LogP contribution < -0.4 is 10.6 Å². The van der Waals surface area contributed by atoms with Crippen molar-refractivity contribution in [1.82, 2.24) is 4.98 Å². The number of carbonyl (C=O) groups excluding carboxylic acids is 1. The lowest BCUT2D eigenvalue weighted by Crippen LogP contribution is -2.19. The van der Waals surface area contributed by atoms with Crippen molar-refractivity contribution < 1.29 is 13.2 Å². The Bertz CT molecular complexity index is 966. The molecule has 8 heteroatoms. The third kappa shape index (κ3) is 3.66. The highest BCUT2D eigenvalue weighted by Crippen LogP contribution is 2.28. The topological polar surface area (TPSA) is 88.2 Å². The second-order valence-electron chi connectivity index (χ2n) is 4.87. The molecule has 3 rings (SSSR count). The Hall–Kier alpha value is -2.45. The maximum atomic E-state index is 11.9. The zero-order valence-corrected chi connectivity index (χ0v) is 13.7. The first-order chi connectivity index (χ1) is 10.9. The number of rotatable bonds is 3. The number of hydrogen-bond donors (Lipinski definition) is 2. The molecule has 23 heavy (non-hydrogen) atoms. The molecule has 0 atom stereocenters. The Morgan fingerprint density at radius 3 is 2.52 bits per heavy atom. The molecular weight excluding hydrogens is 334 g/mol. The van der Waals surface area contributed by atoms with Crippen molar-refractivity contribution in [2.75, 3.05) is 16.9 Å². The van der Waals surface area contributed by atoms with Crippen LogP contribution in [0.5, 0.6) is 0 Å². The highest BCUT2D eigenvalue weighted by Gasteiger charge is 2.12. The average Bonchev–Trinajstić information content (AvgIpc) is 2.88.